The summed E-state index contributed by atoms with van der Waals surface area (Å²) in [5.41, 5.74) is 0.771. The highest BCUT2D eigenvalue weighted by Gasteiger charge is 2.22. The van der Waals surface area contributed by atoms with Gasteiger partial charge in [-0.1, -0.05) is 23.9 Å². The number of aromatic nitrogens is 4. The number of nitrogens with one attached hydrogen (secondary N) is 1. The van der Waals surface area contributed by atoms with E-state index < -0.39 is 0 Å². The normalized spacial score (nSPS) is 15.4. The highest BCUT2D eigenvalue weighted by molar-refractivity contribution is 7.99. The molecule has 0 unspecified atom stereocenters. The molecule has 1 aromatic carbocycles. The van der Waals surface area contributed by atoms with Gasteiger partial charge in [-0.05, 0) is 29.5 Å². The Bertz CT molecular complexity index is 714. The van der Waals surface area contributed by atoms with Crippen LogP contribution >= 0.6 is 11.8 Å². The molecule has 1 amide bonds. The number of para-hydroxylation sites is 2. The average molecular weight is 363 g/mol. The Morgan fingerprint density at radius 1 is 1.32 bits per heavy atom. The molecule has 2 aromatic rings. The zero-order valence-electron chi connectivity index (χ0n) is 14.5. The van der Waals surface area contributed by atoms with Crippen molar-refractivity contribution in [1.29, 1.82) is 0 Å². The van der Waals surface area contributed by atoms with E-state index in [1.54, 1.807) is 4.68 Å². The molecule has 0 radical (unpaired) electrons. The molecule has 0 atom stereocenters. The number of benzene rings is 1. The van der Waals surface area contributed by atoms with Crippen molar-refractivity contribution in [2.45, 2.75) is 12.1 Å². The Morgan fingerprint density at radius 2 is 2.08 bits per heavy atom. The van der Waals surface area contributed by atoms with Crippen molar-refractivity contribution >= 4 is 17.7 Å². The van der Waals surface area contributed by atoms with Crippen LogP contribution in [0, 0.1) is 0 Å². The lowest BCUT2D eigenvalue weighted by atomic mass is 10.3. The minimum absolute atomic E-state index is 0.130. The lowest BCUT2D eigenvalue weighted by Crippen LogP contribution is -3.12. The molecule has 0 saturated carbocycles. The van der Waals surface area contributed by atoms with E-state index in [4.69, 9.17) is 4.74 Å². The van der Waals surface area contributed by atoms with Crippen molar-refractivity contribution in [3.8, 4) is 11.4 Å². The van der Waals surface area contributed by atoms with Crippen molar-refractivity contribution in [2.75, 3.05) is 45.6 Å². The van der Waals surface area contributed by atoms with Crippen LogP contribution in [0.5, 0.6) is 5.75 Å². The maximum absolute atomic E-state index is 12.4. The Kier molecular flexibility index (Phi) is 5.87. The maximum atomic E-state index is 12.4. The fourth-order valence-electron chi connectivity index (χ4n) is 2.69. The third-order valence-electron chi connectivity index (χ3n) is 4.13. The summed E-state index contributed by atoms with van der Waals surface area (Å²) < 4.78 is 7.27. The van der Waals surface area contributed by atoms with Crippen LogP contribution in [-0.4, -0.2) is 76.6 Å². The number of quaternary nitrogens is 1. The first-order valence-corrected chi connectivity index (χ1v) is 9.40. The molecule has 1 aromatic heterocycles. The molecule has 134 valence electrons. The number of likely N-dealkylation sites (N-methyl/N-ethyl adjacent to an activating group) is 1. The van der Waals surface area contributed by atoms with Crippen LogP contribution in [0.15, 0.2) is 29.4 Å². The topological polar surface area (TPSA) is 77.6 Å². The summed E-state index contributed by atoms with van der Waals surface area (Å²) >= 11 is 1.35. The van der Waals surface area contributed by atoms with Gasteiger partial charge in [0.15, 0.2) is 0 Å². The van der Waals surface area contributed by atoms with Crippen molar-refractivity contribution in [1.82, 2.24) is 25.1 Å². The van der Waals surface area contributed by atoms with Crippen LogP contribution in [0.3, 0.4) is 0 Å². The quantitative estimate of drug-likeness (QED) is 0.698. The van der Waals surface area contributed by atoms with Gasteiger partial charge in [-0.2, -0.15) is 4.68 Å². The fourth-order valence-corrected chi connectivity index (χ4v) is 3.47. The van der Waals surface area contributed by atoms with Crippen molar-refractivity contribution in [3.05, 3.63) is 24.3 Å². The van der Waals surface area contributed by atoms with E-state index in [0.29, 0.717) is 23.3 Å². The maximum Gasteiger partial charge on any atom is 0.233 e. The molecular weight excluding hydrogens is 340 g/mol. The number of rotatable bonds is 6. The minimum Gasteiger partial charge on any atom is -0.492 e. The Hall–Kier alpha value is -2.13. The van der Waals surface area contributed by atoms with Gasteiger partial charge in [0, 0.05) is 0 Å². The Balaban J connectivity index is 1.67. The molecule has 8 nitrogen and oxygen atoms in total. The van der Waals surface area contributed by atoms with Crippen LogP contribution in [0.1, 0.15) is 6.92 Å². The first-order valence-electron chi connectivity index (χ1n) is 8.41. The smallest absolute Gasteiger partial charge is 0.233 e. The molecule has 3 rings (SSSR count). The van der Waals surface area contributed by atoms with Gasteiger partial charge in [-0.3, -0.25) is 4.79 Å². The molecule has 9 heteroatoms. The number of hydrogen-bond donors (Lipinski definition) is 1. The lowest BCUT2D eigenvalue weighted by Gasteiger charge is -2.29. The fraction of sp³-hybridized carbons (Fsp3) is 0.500. The van der Waals surface area contributed by atoms with Crippen LogP contribution < -0.4 is 9.64 Å². The summed E-state index contributed by atoms with van der Waals surface area (Å²) in [7, 11) is 2.15. The van der Waals surface area contributed by atoms with Gasteiger partial charge in [0.25, 0.3) is 0 Å². The van der Waals surface area contributed by atoms with E-state index in [1.165, 1.54) is 16.7 Å². The molecular formula is C16H23N6O2S+. The van der Waals surface area contributed by atoms with Gasteiger partial charge in [0.1, 0.15) is 11.4 Å². The van der Waals surface area contributed by atoms with E-state index in [1.807, 2.05) is 36.1 Å². The zero-order valence-corrected chi connectivity index (χ0v) is 15.3. The van der Waals surface area contributed by atoms with Crippen molar-refractivity contribution < 1.29 is 14.4 Å². The van der Waals surface area contributed by atoms with Crippen molar-refractivity contribution in [2.24, 2.45) is 0 Å². The van der Waals surface area contributed by atoms with E-state index >= 15 is 0 Å². The SMILES string of the molecule is CCOc1ccccc1-n1nnnc1SCC(=O)N1CC[NH+](C)CC1. The van der Waals surface area contributed by atoms with Crippen LogP contribution in [0.25, 0.3) is 5.69 Å². The number of carbonyl (C=O) groups is 1. The molecule has 1 aliphatic rings. The molecule has 1 saturated heterocycles. The number of thioether (sulfide) groups is 1. The number of amides is 1. The van der Waals surface area contributed by atoms with Gasteiger partial charge in [0.2, 0.25) is 11.1 Å². The molecule has 0 bridgehead atoms. The average Bonchev–Trinajstić information content (AvgIpc) is 3.09. The second kappa shape index (κ2) is 8.30. The van der Waals surface area contributed by atoms with Crippen LogP contribution in [0.4, 0.5) is 0 Å². The van der Waals surface area contributed by atoms with E-state index in [9.17, 15) is 4.79 Å². The monoisotopic (exact) mass is 363 g/mol. The number of nitrogens with zero attached hydrogens (tertiary/aromatic N) is 5. The third-order valence-corrected chi connectivity index (χ3v) is 5.03. The number of carbonyl (C=O) groups excluding carboxylic acids is 1. The number of tetrazole rings is 1. The minimum atomic E-state index is 0.130. The van der Waals surface area contributed by atoms with Gasteiger partial charge in [-0.25, -0.2) is 0 Å². The van der Waals surface area contributed by atoms with E-state index in [0.717, 1.165) is 31.9 Å². The Morgan fingerprint density at radius 3 is 2.84 bits per heavy atom. The van der Waals surface area contributed by atoms with Gasteiger partial charge < -0.3 is 14.5 Å². The summed E-state index contributed by atoms with van der Waals surface area (Å²) in [5.74, 6) is 1.17. The molecule has 2 heterocycles. The van der Waals surface area contributed by atoms with E-state index in [2.05, 4.69) is 22.6 Å². The third kappa shape index (κ3) is 4.29. The first kappa shape index (κ1) is 17.7. The van der Waals surface area contributed by atoms with Crippen molar-refractivity contribution in [3.63, 3.8) is 0 Å². The second-order valence-electron chi connectivity index (χ2n) is 5.90. The predicted molar refractivity (Wildman–Crippen MR) is 94.2 cm³/mol. The Labute approximate surface area is 151 Å². The summed E-state index contributed by atoms with van der Waals surface area (Å²) in [6, 6.07) is 7.60. The largest absolute Gasteiger partial charge is 0.492 e. The molecule has 1 N–H and O–H groups in total. The number of ether oxygens (including phenoxy) is 1. The predicted octanol–water partition coefficient (Wildman–Crippen LogP) is -0.490. The van der Waals surface area contributed by atoms with Gasteiger partial charge >= 0.3 is 0 Å². The first-order chi connectivity index (χ1) is 12.2. The zero-order chi connectivity index (χ0) is 17.6. The summed E-state index contributed by atoms with van der Waals surface area (Å²) in [6.45, 7) is 6.10. The van der Waals surface area contributed by atoms with Crippen LogP contribution in [0.2, 0.25) is 0 Å². The van der Waals surface area contributed by atoms with Crippen LogP contribution in [-0.2, 0) is 4.79 Å². The highest BCUT2D eigenvalue weighted by atomic mass is 32.2. The molecule has 0 aliphatic carbocycles. The lowest BCUT2D eigenvalue weighted by molar-refractivity contribution is -0.883. The second-order valence-corrected chi connectivity index (χ2v) is 6.84. The van der Waals surface area contributed by atoms with Gasteiger partial charge in [0.05, 0.1) is 45.6 Å². The van der Waals surface area contributed by atoms with E-state index in [-0.39, 0.29) is 5.91 Å². The number of hydrogen-bond acceptors (Lipinski definition) is 6. The standard InChI is InChI=1S/C16H22N6O2S/c1-3-24-14-7-5-4-6-13(14)22-16(17-18-19-22)25-12-15(23)21-10-8-20(2)9-11-21/h4-7H,3,8-12H2,1-2H3/p+1. The van der Waals surface area contributed by atoms with Gasteiger partial charge in [-0.15, -0.1) is 5.10 Å². The summed E-state index contributed by atoms with van der Waals surface area (Å²) in [6.07, 6.45) is 0. The summed E-state index contributed by atoms with van der Waals surface area (Å²) in [5, 5.41) is 12.5. The highest BCUT2D eigenvalue weighted by Crippen LogP contribution is 2.26. The molecule has 1 aliphatic heterocycles. The molecule has 25 heavy (non-hydrogen) atoms. The number of piperazine rings is 1. The molecule has 1 fully saturated rings. The summed E-state index contributed by atoms with van der Waals surface area (Å²) in [4.78, 5) is 15.8. The molecule has 0 spiro atoms.